The molecule has 2 atom stereocenters. The predicted octanol–water partition coefficient (Wildman–Crippen LogP) is 5.24. The Morgan fingerprint density at radius 1 is 1.18 bits per heavy atom. The normalized spacial score (nSPS) is 19.8. The van der Waals surface area contributed by atoms with Gasteiger partial charge in [0.2, 0.25) is 0 Å². The number of aromatic amines is 1. The van der Waals surface area contributed by atoms with Gasteiger partial charge in [-0.25, -0.2) is 13.5 Å². The van der Waals surface area contributed by atoms with Crippen LogP contribution < -0.4 is 5.32 Å². The number of hydrogen-bond donors (Lipinski definition) is 2. The quantitative estimate of drug-likeness (QED) is 0.482. The van der Waals surface area contributed by atoms with Crippen LogP contribution in [0.1, 0.15) is 64.0 Å². The van der Waals surface area contributed by atoms with Crippen molar-refractivity contribution < 1.29 is 8.95 Å². The molecule has 3 aromatic heterocycles. The highest BCUT2D eigenvalue weighted by atomic mass is 32.2. The Kier molecular flexibility index (Phi) is 7.27. The summed E-state index contributed by atoms with van der Waals surface area (Å²) in [5.74, 6) is 0.452. The maximum atomic E-state index is 13.0. The standard InChI is InChI=1S/C26H35N5O2S/c1-3-18(2)24-15-21-25(29-19-7-5-4-6-8-19)22(17-28-26(21)30-24)23-10-9-20(16-27-23)34(32)31-11-13-33-14-12-31/h9-10,15-19H,3-8,11-14H2,1-2H3,(H2,28,29,30). The molecule has 2 unspecified atom stereocenters. The van der Waals surface area contributed by atoms with Gasteiger partial charge in [0.05, 0.1) is 29.5 Å². The van der Waals surface area contributed by atoms with E-state index in [1.165, 1.54) is 37.8 Å². The number of aromatic nitrogens is 3. The van der Waals surface area contributed by atoms with Gasteiger partial charge in [0.25, 0.3) is 0 Å². The Hall–Kier alpha value is -2.29. The molecule has 7 nitrogen and oxygen atoms in total. The van der Waals surface area contributed by atoms with Gasteiger partial charge in [0, 0.05) is 48.2 Å². The second-order valence-corrected chi connectivity index (χ2v) is 11.0. The van der Waals surface area contributed by atoms with Crippen molar-refractivity contribution in [2.45, 2.75) is 69.2 Å². The molecule has 1 aliphatic carbocycles. The first-order valence-corrected chi connectivity index (χ1v) is 13.7. The van der Waals surface area contributed by atoms with Crippen LogP contribution in [0.15, 0.2) is 35.5 Å². The molecule has 4 heterocycles. The zero-order chi connectivity index (χ0) is 23.5. The molecule has 0 spiro atoms. The zero-order valence-corrected chi connectivity index (χ0v) is 21.0. The van der Waals surface area contributed by atoms with E-state index < -0.39 is 11.0 Å². The topological polar surface area (TPSA) is 83.1 Å². The van der Waals surface area contributed by atoms with E-state index in [1.54, 1.807) is 6.20 Å². The minimum Gasteiger partial charge on any atom is -0.381 e. The van der Waals surface area contributed by atoms with Gasteiger partial charge in [-0.3, -0.25) is 4.98 Å². The Bertz CT molecular complexity index is 1130. The smallest absolute Gasteiger partial charge is 0.139 e. The molecular formula is C26H35N5O2S. The van der Waals surface area contributed by atoms with Crippen LogP contribution in [0.2, 0.25) is 0 Å². The Morgan fingerprint density at radius 2 is 1.97 bits per heavy atom. The lowest BCUT2D eigenvalue weighted by molar-refractivity contribution is 0.0752. The third-order valence-electron chi connectivity index (χ3n) is 7.19. The van der Waals surface area contributed by atoms with Crippen LogP contribution in [-0.4, -0.2) is 55.8 Å². The van der Waals surface area contributed by atoms with E-state index in [-0.39, 0.29) is 0 Å². The van der Waals surface area contributed by atoms with Crippen molar-refractivity contribution in [3.05, 3.63) is 36.3 Å². The monoisotopic (exact) mass is 481 g/mol. The van der Waals surface area contributed by atoms with Gasteiger partial charge < -0.3 is 15.0 Å². The molecule has 34 heavy (non-hydrogen) atoms. The molecule has 1 saturated carbocycles. The summed E-state index contributed by atoms with van der Waals surface area (Å²) < 4.78 is 20.3. The van der Waals surface area contributed by atoms with Crippen molar-refractivity contribution in [3.63, 3.8) is 0 Å². The maximum absolute atomic E-state index is 13.0. The number of fused-ring (bicyclic) bond motifs is 1. The first-order valence-electron chi connectivity index (χ1n) is 12.6. The molecule has 5 rings (SSSR count). The molecule has 2 N–H and O–H groups in total. The average Bonchev–Trinajstić information content (AvgIpc) is 3.34. The second-order valence-electron chi connectivity index (χ2n) is 9.49. The lowest BCUT2D eigenvalue weighted by Gasteiger charge is -2.26. The Morgan fingerprint density at radius 3 is 2.68 bits per heavy atom. The van der Waals surface area contributed by atoms with Gasteiger partial charge in [-0.15, -0.1) is 0 Å². The number of anilines is 1. The van der Waals surface area contributed by atoms with Crippen molar-refractivity contribution in [1.82, 2.24) is 19.3 Å². The van der Waals surface area contributed by atoms with E-state index in [2.05, 4.69) is 30.2 Å². The third-order valence-corrected chi connectivity index (χ3v) is 8.67. The van der Waals surface area contributed by atoms with Crippen LogP contribution >= 0.6 is 0 Å². The summed E-state index contributed by atoms with van der Waals surface area (Å²) in [6.07, 6.45) is 11.0. The largest absolute Gasteiger partial charge is 0.381 e. The molecule has 2 aliphatic rings. The molecule has 0 radical (unpaired) electrons. The van der Waals surface area contributed by atoms with Gasteiger partial charge in [-0.05, 0) is 43.4 Å². The van der Waals surface area contributed by atoms with Crippen LogP contribution in [0.4, 0.5) is 5.69 Å². The summed E-state index contributed by atoms with van der Waals surface area (Å²) in [5.41, 5.74) is 5.09. The fourth-order valence-electron chi connectivity index (χ4n) is 4.89. The van der Waals surface area contributed by atoms with E-state index >= 15 is 0 Å². The van der Waals surface area contributed by atoms with Crippen LogP contribution in [-0.2, 0) is 15.7 Å². The molecule has 3 aromatic rings. The highest BCUT2D eigenvalue weighted by Crippen LogP contribution is 2.37. The van der Waals surface area contributed by atoms with Gasteiger partial charge in [0.1, 0.15) is 16.6 Å². The molecule has 0 aromatic carbocycles. The van der Waals surface area contributed by atoms with Gasteiger partial charge in [-0.1, -0.05) is 33.1 Å². The summed E-state index contributed by atoms with van der Waals surface area (Å²) in [6, 6.07) is 6.63. The lowest BCUT2D eigenvalue weighted by Crippen LogP contribution is -2.37. The van der Waals surface area contributed by atoms with E-state index in [1.807, 2.05) is 22.6 Å². The number of ether oxygens (including phenoxy) is 1. The van der Waals surface area contributed by atoms with Crippen molar-refractivity contribution >= 4 is 27.7 Å². The lowest BCUT2D eigenvalue weighted by atomic mass is 9.94. The zero-order valence-electron chi connectivity index (χ0n) is 20.2. The number of pyridine rings is 2. The number of morpholine rings is 1. The summed E-state index contributed by atoms with van der Waals surface area (Å²) in [6.45, 7) is 7.05. The maximum Gasteiger partial charge on any atom is 0.139 e. The third kappa shape index (κ3) is 4.90. The predicted molar refractivity (Wildman–Crippen MR) is 137 cm³/mol. The number of H-pyrrole nitrogens is 1. The molecule has 0 amide bonds. The van der Waals surface area contributed by atoms with Crippen molar-refractivity contribution in [2.24, 2.45) is 0 Å². The molecule has 0 bridgehead atoms. The van der Waals surface area contributed by atoms with E-state index in [0.29, 0.717) is 38.3 Å². The van der Waals surface area contributed by atoms with Crippen LogP contribution in [0, 0.1) is 0 Å². The van der Waals surface area contributed by atoms with E-state index in [9.17, 15) is 4.21 Å². The number of nitrogens with one attached hydrogen (secondary N) is 2. The van der Waals surface area contributed by atoms with Crippen molar-refractivity contribution in [3.8, 4) is 11.3 Å². The van der Waals surface area contributed by atoms with Crippen LogP contribution in [0.5, 0.6) is 0 Å². The van der Waals surface area contributed by atoms with Crippen molar-refractivity contribution in [2.75, 3.05) is 31.6 Å². The highest BCUT2D eigenvalue weighted by Gasteiger charge is 2.22. The number of nitrogens with zero attached hydrogens (tertiary/aromatic N) is 3. The molecule has 182 valence electrons. The number of hydrogen-bond acceptors (Lipinski definition) is 5. The molecule has 2 fully saturated rings. The Labute approximate surface area is 204 Å². The molecule has 1 saturated heterocycles. The Balaban J connectivity index is 1.49. The summed E-state index contributed by atoms with van der Waals surface area (Å²) in [5, 5.41) is 4.99. The minimum atomic E-state index is -1.22. The fourth-order valence-corrected chi connectivity index (χ4v) is 5.99. The SMILES string of the molecule is CCC(C)c1cc2c(NC3CCCCC3)c(-c3ccc(S(=O)N4CCOCC4)cn3)cnc2[nH]1. The molecule has 1 aliphatic heterocycles. The second kappa shape index (κ2) is 10.5. The van der Waals surface area contributed by atoms with E-state index in [0.717, 1.165) is 39.3 Å². The van der Waals surface area contributed by atoms with Crippen LogP contribution in [0.25, 0.3) is 22.3 Å². The first kappa shape index (κ1) is 23.5. The first-order chi connectivity index (χ1) is 16.6. The van der Waals surface area contributed by atoms with Gasteiger partial charge in [0.15, 0.2) is 0 Å². The van der Waals surface area contributed by atoms with Crippen molar-refractivity contribution in [1.29, 1.82) is 0 Å². The molecular weight excluding hydrogens is 446 g/mol. The number of rotatable bonds is 7. The summed E-state index contributed by atoms with van der Waals surface area (Å²) in [7, 11) is -1.22. The summed E-state index contributed by atoms with van der Waals surface area (Å²) in [4.78, 5) is 13.8. The highest BCUT2D eigenvalue weighted by molar-refractivity contribution is 7.82. The fraction of sp³-hybridized carbons (Fsp3) is 0.538. The van der Waals surface area contributed by atoms with Crippen LogP contribution in [0.3, 0.4) is 0 Å². The average molecular weight is 482 g/mol. The minimum absolute atomic E-state index is 0.452. The van der Waals surface area contributed by atoms with E-state index in [4.69, 9.17) is 14.7 Å². The van der Waals surface area contributed by atoms with Gasteiger partial charge >= 0.3 is 0 Å². The van der Waals surface area contributed by atoms with Gasteiger partial charge in [-0.2, -0.15) is 0 Å². The molecule has 8 heteroatoms. The summed E-state index contributed by atoms with van der Waals surface area (Å²) >= 11 is 0.